The van der Waals surface area contributed by atoms with Gasteiger partial charge in [-0.15, -0.1) is 0 Å². The van der Waals surface area contributed by atoms with Crippen LogP contribution in [0.4, 0.5) is 11.5 Å². The molecule has 1 heterocycles. The van der Waals surface area contributed by atoms with Crippen LogP contribution < -0.4 is 10.6 Å². The molecule has 0 saturated carbocycles. The van der Waals surface area contributed by atoms with Crippen molar-refractivity contribution in [2.45, 2.75) is 6.92 Å². The van der Waals surface area contributed by atoms with Gasteiger partial charge in [0.25, 0.3) is 5.91 Å². The number of aryl methyl sites for hydroxylation is 1. The number of nitriles is 1. The van der Waals surface area contributed by atoms with Crippen molar-refractivity contribution >= 4 is 17.4 Å². The molecule has 2 aromatic rings. The Morgan fingerprint density at radius 1 is 1.36 bits per heavy atom. The summed E-state index contributed by atoms with van der Waals surface area (Å²) < 4.78 is 0. The second-order valence-corrected chi connectivity index (χ2v) is 4.54. The van der Waals surface area contributed by atoms with Gasteiger partial charge in [0.1, 0.15) is 23.2 Å². The van der Waals surface area contributed by atoms with Crippen molar-refractivity contribution in [3.8, 4) is 11.8 Å². The van der Waals surface area contributed by atoms with E-state index in [-0.39, 0.29) is 11.3 Å². The molecule has 3 N–H and O–H groups in total. The molecule has 0 aliphatic carbocycles. The van der Waals surface area contributed by atoms with Crippen LogP contribution in [0, 0.1) is 18.3 Å². The highest BCUT2D eigenvalue weighted by molar-refractivity contribution is 6.06. The number of rotatable bonds is 4. The van der Waals surface area contributed by atoms with Crippen molar-refractivity contribution in [2.75, 3.05) is 10.6 Å². The van der Waals surface area contributed by atoms with Crippen molar-refractivity contribution in [2.24, 2.45) is 0 Å². The molecule has 0 aliphatic heterocycles. The van der Waals surface area contributed by atoms with Crippen LogP contribution >= 0.6 is 0 Å². The molecular formula is C16H14N4O2. The van der Waals surface area contributed by atoms with Crippen LogP contribution in [-0.2, 0) is 4.79 Å². The first-order valence-corrected chi connectivity index (χ1v) is 6.48. The molecule has 110 valence electrons. The van der Waals surface area contributed by atoms with Gasteiger partial charge in [-0.05, 0) is 30.7 Å². The number of aromatic hydroxyl groups is 1. The highest BCUT2D eigenvalue weighted by Gasteiger charge is 2.09. The Morgan fingerprint density at radius 3 is 2.82 bits per heavy atom. The molecule has 0 saturated heterocycles. The molecular weight excluding hydrogens is 280 g/mol. The van der Waals surface area contributed by atoms with Crippen molar-refractivity contribution in [3.05, 3.63) is 59.9 Å². The molecule has 1 aromatic carbocycles. The molecule has 0 fully saturated rings. The number of aromatic nitrogens is 1. The van der Waals surface area contributed by atoms with Gasteiger partial charge in [-0.3, -0.25) is 4.79 Å². The van der Waals surface area contributed by atoms with Gasteiger partial charge in [0, 0.05) is 24.2 Å². The lowest BCUT2D eigenvalue weighted by Gasteiger charge is -2.05. The number of carbonyl (C=O) groups is 1. The number of benzene rings is 1. The maximum Gasteiger partial charge on any atom is 0.267 e. The topological polar surface area (TPSA) is 98.0 Å². The molecule has 6 nitrogen and oxygen atoms in total. The van der Waals surface area contributed by atoms with E-state index in [1.54, 1.807) is 24.4 Å². The number of amides is 1. The van der Waals surface area contributed by atoms with Crippen LogP contribution in [-0.4, -0.2) is 16.0 Å². The van der Waals surface area contributed by atoms with Crippen LogP contribution in [0.5, 0.6) is 5.75 Å². The van der Waals surface area contributed by atoms with Crippen molar-refractivity contribution in [1.29, 1.82) is 5.26 Å². The van der Waals surface area contributed by atoms with Crippen LogP contribution in [0.25, 0.3) is 0 Å². The molecule has 1 aromatic heterocycles. The number of nitrogens with one attached hydrogen (secondary N) is 2. The highest BCUT2D eigenvalue weighted by Crippen LogP contribution is 2.16. The number of nitrogens with zero attached hydrogens (tertiary/aromatic N) is 2. The third kappa shape index (κ3) is 4.08. The maximum absolute atomic E-state index is 12.0. The molecule has 0 radical (unpaired) electrons. The smallest absolute Gasteiger partial charge is 0.267 e. The summed E-state index contributed by atoms with van der Waals surface area (Å²) >= 11 is 0. The molecule has 0 aliphatic rings. The number of hydrogen-bond acceptors (Lipinski definition) is 5. The van der Waals surface area contributed by atoms with Crippen LogP contribution in [0.1, 0.15) is 5.56 Å². The van der Waals surface area contributed by atoms with Crippen LogP contribution in [0.15, 0.2) is 54.4 Å². The van der Waals surface area contributed by atoms with Gasteiger partial charge in [-0.2, -0.15) is 5.26 Å². The lowest BCUT2D eigenvalue weighted by atomic mass is 10.2. The van der Waals surface area contributed by atoms with Gasteiger partial charge >= 0.3 is 0 Å². The lowest BCUT2D eigenvalue weighted by molar-refractivity contribution is -0.112. The Kier molecular flexibility index (Phi) is 4.73. The summed E-state index contributed by atoms with van der Waals surface area (Å²) in [5, 5.41) is 23.7. The molecule has 0 atom stereocenters. The fraction of sp³-hybridized carbons (Fsp3) is 0.0625. The third-order valence-electron chi connectivity index (χ3n) is 2.74. The fourth-order valence-corrected chi connectivity index (χ4v) is 1.63. The molecule has 0 spiro atoms. The number of anilines is 2. The summed E-state index contributed by atoms with van der Waals surface area (Å²) in [5.74, 6) is -0.0153. The van der Waals surface area contributed by atoms with E-state index in [0.29, 0.717) is 11.5 Å². The predicted octanol–water partition coefficient (Wildman–Crippen LogP) is 2.55. The average molecular weight is 294 g/mol. The second-order valence-electron chi connectivity index (χ2n) is 4.54. The quantitative estimate of drug-likeness (QED) is 0.594. The highest BCUT2D eigenvalue weighted by atomic mass is 16.3. The number of phenolic OH excluding ortho intramolecular Hbond substituents is 1. The zero-order valence-corrected chi connectivity index (χ0v) is 11.9. The zero-order chi connectivity index (χ0) is 15.9. The van der Waals surface area contributed by atoms with Gasteiger partial charge in [-0.25, -0.2) is 4.98 Å². The second kappa shape index (κ2) is 6.90. The molecule has 1 amide bonds. The van der Waals surface area contributed by atoms with Gasteiger partial charge in [0.15, 0.2) is 0 Å². The van der Waals surface area contributed by atoms with E-state index in [2.05, 4.69) is 15.6 Å². The molecule has 0 unspecified atom stereocenters. The monoisotopic (exact) mass is 294 g/mol. The van der Waals surface area contributed by atoms with Gasteiger partial charge in [0.05, 0.1) is 0 Å². The maximum atomic E-state index is 12.0. The summed E-state index contributed by atoms with van der Waals surface area (Å²) in [5.41, 5.74) is 1.31. The normalized spacial score (nSPS) is 10.6. The summed E-state index contributed by atoms with van der Waals surface area (Å²) in [6.07, 6.45) is 2.96. The summed E-state index contributed by atoms with van der Waals surface area (Å²) in [6, 6.07) is 11.5. The Balaban J connectivity index is 2.07. The minimum atomic E-state index is -0.576. The number of pyridine rings is 1. The summed E-state index contributed by atoms with van der Waals surface area (Å²) in [4.78, 5) is 16.1. The first-order chi connectivity index (χ1) is 10.6. The van der Waals surface area contributed by atoms with E-state index in [9.17, 15) is 9.90 Å². The molecule has 0 bridgehead atoms. The van der Waals surface area contributed by atoms with E-state index in [4.69, 9.17) is 5.26 Å². The molecule has 6 heteroatoms. The number of phenols is 1. The van der Waals surface area contributed by atoms with Gasteiger partial charge < -0.3 is 15.7 Å². The SMILES string of the molecule is Cc1ccc(N/C=C(/C#N)C(=O)Nc2cccc(O)c2)nc1. The van der Waals surface area contributed by atoms with Gasteiger partial charge in [-0.1, -0.05) is 12.1 Å². The fourth-order valence-electron chi connectivity index (χ4n) is 1.63. The largest absolute Gasteiger partial charge is 0.508 e. The number of carbonyl (C=O) groups excluding carboxylic acids is 1. The van der Waals surface area contributed by atoms with E-state index < -0.39 is 5.91 Å². The predicted molar refractivity (Wildman–Crippen MR) is 83.0 cm³/mol. The lowest BCUT2D eigenvalue weighted by Crippen LogP contribution is -2.14. The Bertz CT molecular complexity index is 745. The standard InChI is InChI=1S/C16H14N4O2/c1-11-5-6-15(18-9-11)19-10-12(8-17)16(22)20-13-3-2-4-14(21)7-13/h2-7,9-10,21H,1H3,(H,18,19)(H,20,22)/b12-10-. The number of hydrogen-bond donors (Lipinski definition) is 3. The molecule has 22 heavy (non-hydrogen) atoms. The van der Waals surface area contributed by atoms with Gasteiger partial charge in [0.2, 0.25) is 0 Å². The van der Waals surface area contributed by atoms with Crippen molar-refractivity contribution in [1.82, 2.24) is 4.98 Å². The van der Waals surface area contributed by atoms with Crippen LogP contribution in [0.2, 0.25) is 0 Å². The summed E-state index contributed by atoms with van der Waals surface area (Å²) in [6.45, 7) is 1.91. The average Bonchev–Trinajstić information content (AvgIpc) is 2.49. The van der Waals surface area contributed by atoms with E-state index in [1.165, 1.54) is 18.3 Å². The van der Waals surface area contributed by atoms with Crippen LogP contribution in [0.3, 0.4) is 0 Å². The van der Waals surface area contributed by atoms with E-state index >= 15 is 0 Å². The Morgan fingerprint density at radius 2 is 2.18 bits per heavy atom. The van der Waals surface area contributed by atoms with Crippen molar-refractivity contribution in [3.63, 3.8) is 0 Å². The minimum absolute atomic E-state index is 0.0299. The third-order valence-corrected chi connectivity index (χ3v) is 2.74. The zero-order valence-electron chi connectivity index (χ0n) is 11.9. The van der Waals surface area contributed by atoms with E-state index in [0.717, 1.165) is 5.56 Å². The Hall–Kier alpha value is -3.33. The Labute approximate surface area is 127 Å². The first kappa shape index (κ1) is 15.1. The first-order valence-electron chi connectivity index (χ1n) is 6.48. The minimum Gasteiger partial charge on any atom is -0.508 e. The van der Waals surface area contributed by atoms with E-state index in [1.807, 2.05) is 19.1 Å². The molecule has 2 rings (SSSR count). The van der Waals surface area contributed by atoms with Crippen molar-refractivity contribution < 1.29 is 9.90 Å². The summed E-state index contributed by atoms with van der Waals surface area (Å²) in [7, 11) is 0.